The molecule has 2 atom stereocenters. The molecule has 0 unspecified atom stereocenters. The van der Waals surface area contributed by atoms with E-state index in [0.717, 1.165) is 12.0 Å². The van der Waals surface area contributed by atoms with Gasteiger partial charge in [0.05, 0.1) is 11.2 Å². The van der Waals surface area contributed by atoms with E-state index in [0.29, 0.717) is 31.5 Å². The molecule has 1 aromatic rings. The van der Waals surface area contributed by atoms with Crippen LogP contribution < -0.4 is 0 Å². The van der Waals surface area contributed by atoms with Crippen molar-refractivity contribution in [3.8, 4) is 0 Å². The highest BCUT2D eigenvalue weighted by atomic mass is 16.3. The van der Waals surface area contributed by atoms with Crippen LogP contribution in [0, 0.1) is 5.92 Å². The maximum Gasteiger partial charge on any atom is 0.253 e. The molecule has 4 heteroatoms. The van der Waals surface area contributed by atoms with Gasteiger partial charge < -0.3 is 15.1 Å². The Labute approximate surface area is 139 Å². The summed E-state index contributed by atoms with van der Waals surface area (Å²) < 4.78 is 0. The van der Waals surface area contributed by atoms with E-state index in [1.807, 2.05) is 43.0 Å². The molecule has 1 heterocycles. The minimum Gasteiger partial charge on any atom is -0.390 e. The summed E-state index contributed by atoms with van der Waals surface area (Å²) in [4.78, 5) is 14.5. The number of rotatable bonds is 4. The fourth-order valence-corrected chi connectivity index (χ4v) is 2.90. The molecular formula is C19H29NO3. The Kier molecular flexibility index (Phi) is 5.17. The third-order valence-electron chi connectivity index (χ3n) is 4.93. The molecule has 0 radical (unpaired) electrons. The number of carbonyl (C=O) groups is 1. The van der Waals surface area contributed by atoms with E-state index in [-0.39, 0.29) is 11.8 Å². The summed E-state index contributed by atoms with van der Waals surface area (Å²) in [6.45, 7) is 8.59. The van der Waals surface area contributed by atoms with Crippen molar-refractivity contribution in [3.05, 3.63) is 35.4 Å². The van der Waals surface area contributed by atoms with E-state index in [2.05, 4.69) is 0 Å². The molecular weight excluding hydrogens is 290 g/mol. The van der Waals surface area contributed by atoms with Crippen molar-refractivity contribution in [2.24, 2.45) is 5.92 Å². The van der Waals surface area contributed by atoms with Gasteiger partial charge in [-0.1, -0.05) is 19.1 Å². The summed E-state index contributed by atoms with van der Waals surface area (Å²) in [7, 11) is 0. The molecule has 23 heavy (non-hydrogen) atoms. The van der Waals surface area contributed by atoms with Gasteiger partial charge in [0.2, 0.25) is 0 Å². The second-order valence-electron chi connectivity index (χ2n) is 7.77. The maximum atomic E-state index is 12.7. The standard InChI is InChI=1S/C19H29NO3/c1-14-13-20(11-10-19(14,4)23)17(21)16-7-5-6-15(12-16)8-9-18(2,3)22/h5-7,12,14,22-23H,8-11,13H2,1-4H3/t14-,19+/m1/s1. The first kappa shape index (κ1) is 18.0. The average Bonchev–Trinajstić information content (AvgIpc) is 2.47. The second kappa shape index (κ2) is 6.62. The number of benzene rings is 1. The van der Waals surface area contributed by atoms with E-state index in [1.54, 1.807) is 13.8 Å². The fraction of sp³-hybridized carbons (Fsp3) is 0.632. The predicted octanol–water partition coefficient (Wildman–Crippen LogP) is 2.62. The zero-order chi connectivity index (χ0) is 17.3. The third-order valence-corrected chi connectivity index (χ3v) is 4.93. The highest BCUT2D eigenvalue weighted by molar-refractivity contribution is 5.94. The lowest BCUT2D eigenvalue weighted by Gasteiger charge is -2.41. The summed E-state index contributed by atoms with van der Waals surface area (Å²) in [6, 6.07) is 7.65. The van der Waals surface area contributed by atoms with Gasteiger partial charge in [-0.3, -0.25) is 4.79 Å². The lowest BCUT2D eigenvalue weighted by molar-refractivity contribution is -0.0439. The van der Waals surface area contributed by atoms with Crippen LogP contribution in [-0.4, -0.2) is 45.3 Å². The number of aryl methyl sites for hydroxylation is 1. The Morgan fingerprint density at radius 2 is 2.13 bits per heavy atom. The fourth-order valence-electron chi connectivity index (χ4n) is 2.90. The van der Waals surface area contributed by atoms with Crippen molar-refractivity contribution in [3.63, 3.8) is 0 Å². The zero-order valence-electron chi connectivity index (χ0n) is 14.7. The minimum atomic E-state index is -0.700. The maximum absolute atomic E-state index is 12.7. The Morgan fingerprint density at radius 3 is 2.74 bits per heavy atom. The number of carbonyl (C=O) groups excluding carboxylic acids is 1. The summed E-state index contributed by atoms with van der Waals surface area (Å²) in [6.07, 6.45) is 2.02. The molecule has 2 N–H and O–H groups in total. The molecule has 0 aromatic heterocycles. The Morgan fingerprint density at radius 1 is 1.43 bits per heavy atom. The molecule has 0 aliphatic carbocycles. The van der Waals surface area contributed by atoms with Gasteiger partial charge >= 0.3 is 0 Å². The van der Waals surface area contributed by atoms with Crippen LogP contribution in [0.5, 0.6) is 0 Å². The minimum absolute atomic E-state index is 0.0254. The van der Waals surface area contributed by atoms with Crippen LogP contribution in [0.4, 0.5) is 0 Å². The topological polar surface area (TPSA) is 60.8 Å². The van der Waals surface area contributed by atoms with Gasteiger partial charge in [0.25, 0.3) is 5.91 Å². The molecule has 1 amide bonds. The molecule has 1 fully saturated rings. The zero-order valence-corrected chi connectivity index (χ0v) is 14.7. The van der Waals surface area contributed by atoms with Gasteiger partial charge in [0.1, 0.15) is 0 Å². The Bertz CT molecular complexity index is 560. The quantitative estimate of drug-likeness (QED) is 0.897. The molecule has 1 aliphatic rings. The van der Waals surface area contributed by atoms with E-state index < -0.39 is 11.2 Å². The third kappa shape index (κ3) is 4.79. The van der Waals surface area contributed by atoms with Crippen molar-refractivity contribution in [1.29, 1.82) is 0 Å². The van der Waals surface area contributed by atoms with E-state index >= 15 is 0 Å². The molecule has 0 saturated carbocycles. The SMILES string of the molecule is C[C@@H]1CN(C(=O)c2cccc(CCC(C)(C)O)c2)CC[C@]1(C)O. The van der Waals surface area contributed by atoms with Gasteiger partial charge in [-0.05, 0) is 57.7 Å². The molecule has 128 valence electrons. The van der Waals surface area contributed by atoms with Crippen LogP contribution in [0.15, 0.2) is 24.3 Å². The monoisotopic (exact) mass is 319 g/mol. The van der Waals surface area contributed by atoms with E-state index in [9.17, 15) is 15.0 Å². The van der Waals surface area contributed by atoms with Crippen LogP contribution in [0.1, 0.15) is 56.5 Å². The summed E-state index contributed by atoms with van der Waals surface area (Å²) in [5.74, 6) is 0.0935. The molecule has 0 spiro atoms. The summed E-state index contributed by atoms with van der Waals surface area (Å²) >= 11 is 0. The van der Waals surface area contributed by atoms with Gasteiger partial charge in [-0.25, -0.2) is 0 Å². The van der Waals surface area contributed by atoms with Crippen molar-refractivity contribution in [2.75, 3.05) is 13.1 Å². The van der Waals surface area contributed by atoms with Crippen LogP contribution in [0.3, 0.4) is 0 Å². The second-order valence-corrected chi connectivity index (χ2v) is 7.77. The molecule has 1 saturated heterocycles. The Balaban J connectivity index is 2.05. The molecule has 1 aromatic carbocycles. The largest absolute Gasteiger partial charge is 0.390 e. The van der Waals surface area contributed by atoms with Gasteiger partial charge in [0, 0.05) is 24.6 Å². The number of hydrogen-bond acceptors (Lipinski definition) is 3. The lowest BCUT2D eigenvalue weighted by Crippen LogP contribution is -2.50. The highest BCUT2D eigenvalue weighted by Crippen LogP contribution is 2.28. The smallest absolute Gasteiger partial charge is 0.253 e. The first-order chi connectivity index (χ1) is 10.6. The molecule has 0 bridgehead atoms. The number of likely N-dealkylation sites (tertiary alicyclic amines) is 1. The summed E-state index contributed by atoms with van der Waals surface area (Å²) in [5.41, 5.74) is 0.362. The van der Waals surface area contributed by atoms with Crippen molar-refractivity contribution < 1.29 is 15.0 Å². The van der Waals surface area contributed by atoms with Crippen molar-refractivity contribution in [2.45, 2.75) is 58.2 Å². The number of nitrogens with zero attached hydrogens (tertiary/aromatic N) is 1. The van der Waals surface area contributed by atoms with E-state index in [1.165, 1.54) is 0 Å². The number of hydrogen-bond donors (Lipinski definition) is 2. The van der Waals surface area contributed by atoms with Crippen LogP contribution in [-0.2, 0) is 6.42 Å². The average molecular weight is 319 g/mol. The van der Waals surface area contributed by atoms with Crippen molar-refractivity contribution >= 4 is 5.91 Å². The van der Waals surface area contributed by atoms with E-state index in [4.69, 9.17) is 0 Å². The Hall–Kier alpha value is -1.39. The van der Waals surface area contributed by atoms with Crippen LogP contribution in [0.25, 0.3) is 0 Å². The van der Waals surface area contributed by atoms with Gasteiger partial charge in [-0.2, -0.15) is 0 Å². The molecule has 1 aliphatic heterocycles. The summed E-state index contributed by atoms with van der Waals surface area (Å²) in [5, 5.41) is 20.1. The van der Waals surface area contributed by atoms with Crippen molar-refractivity contribution in [1.82, 2.24) is 4.90 Å². The number of piperidine rings is 1. The first-order valence-corrected chi connectivity index (χ1v) is 8.41. The molecule has 2 rings (SSSR count). The first-order valence-electron chi connectivity index (χ1n) is 8.41. The van der Waals surface area contributed by atoms with Crippen LogP contribution >= 0.6 is 0 Å². The predicted molar refractivity (Wildman–Crippen MR) is 91.4 cm³/mol. The molecule has 4 nitrogen and oxygen atoms in total. The number of aliphatic hydroxyl groups is 2. The number of amides is 1. The van der Waals surface area contributed by atoms with Crippen LogP contribution in [0.2, 0.25) is 0 Å². The highest BCUT2D eigenvalue weighted by Gasteiger charge is 2.36. The normalized spacial score (nSPS) is 25.5. The van der Waals surface area contributed by atoms with Gasteiger partial charge in [-0.15, -0.1) is 0 Å². The lowest BCUT2D eigenvalue weighted by atomic mass is 9.83. The van der Waals surface area contributed by atoms with Gasteiger partial charge in [0.15, 0.2) is 0 Å².